The van der Waals surface area contributed by atoms with Crippen molar-refractivity contribution < 1.29 is 19.1 Å². The number of carbonyl (C=O) groups excluding carboxylic acids is 2. The lowest BCUT2D eigenvalue weighted by Crippen LogP contribution is -2.25. The lowest BCUT2D eigenvalue weighted by Gasteiger charge is -2.11. The molecule has 0 aliphatic heterocycles. The molecule has 0 bridgehead atoms. The summed E-state index contributed by atoms with van der Waals surface area (Å²) >= 11 is 4.22. The maximum Gasteiger partial charge on any atom is 0.337 e. The molecule has 7 nitrogen and oxygen atoms in total. The van der Waals surface area contributed by atoms with Gasteiger partial charge in [-0.2, -0.15) is 10.5 Å². The highest BCUT2D eigenvalue weighted by molar-refractivity contribution is 7.80. The van der Waals surface area contributed by atoms with E-state index in [1.807, 2.05) is 0 Å². The smallest absolute Gasteiger partial charge is 0.337 e. The summed E-state index contributed by atoms with van der Waals surface area (Å²) in [5.74, 6) is -3.65. The fourth-order valence-electron chi connectivity index (χ4n) is 1.74. The highest BCUT2D eigenvalue weighted by Crippen LogP contribution is 2.25. The normalized spacial score (nSPS) is 11.6. The molecular formula is C16H15N3O4S. The van der Waals surface area contributed by atoms with E-state index in [1.54, 1.807) is 25.1 Å². The molecule has 0 aromatic heterocycles. The van der Waals surface area contributed by atoms with Gasteiger partial charge in [-0.05, 0) is 25.1 Å². The second-order valence-electron chi connectivity index (χ2n) is 4.49. The van der Waals surface area contributed by atoms with E-state index in [4.69, 9.17) is 15.3 Å². The number of aliphatic imine (C=N–C) groups is 1. The predicted molar refractivity (Wildman–Crippen MR) is 88.0 cm³/mol. The fraction of sp³-hybridized carbons (Fsp3) is 0.312. The fourth-order valence-corrected chi connectivity index (χ4v) is 1.94. The summed E-state index contributed by atoms with van der Waals surface area (Å²) < 4.78 is 9.48. The van der Waals surface area contributed by atoms with Gasteiger partial charge in [-0.25, -0.2) is 4.79 Å². The van der Waals surface area contributed by atoms with Crippen LogP contribution in [-0.4, -0.2) is 31.9 Å². The van der Waals surface area contributed by atoms with Crippen molar-refractivity contribution in [2.45, 2.75) is 11.8 Å². The second kappa shape index (κ2) is 9.33. The highest BCUT2D eigenvalue weighted by Gasteiger charge is 2.28. The number of ether oxygens (including phenoxy) is 2. The molecule has 8 heteroatoms. The molecule has 0 saturated heterocycles. The van der Waals surface area contributed by atoms with Gasteiger partial charge in [0, 0.05) is 11.1 Å². The topological polar surface area (TPSA) is 113 Å². The van der Waals surface area contributed by atoms with Gasteiger partial charge in [-0.15, -0.1) is 12.6 Å². The molecule has 1 atom stereocenters. The Labute approximate surface area is 144 Å². The zero-order valence-corrected chi connectivity index (χ0v) is 14.0. The molecule has 0 heterocycles. The third kappa shape index (κ3) is 4.83. The summed E-state index contributed by atoms with van der Waals surface area (Å²) in [5.41, 5.74) is 0.553. The Bertz CT molecular complexity index is 720. The minimum atomic E-state index is -1.24. The molecule has 1 rings (SSSR count). The molecule has 1 unspecified atom stereocenters. The van der Waals surface area contributed by atoms with Crippen molar-refractivity contribution in [2.24, 2.45) is 16.8 Å². The van der Waals surface area contributed by atoms with Crippen molar-refractivity contribution in [1.82, 2.24) is 0 Å². The van der Waals surface area contributed by atoms with Crippen LogP contribution in [0.5, 0.6) is 0 Å². The number of nitrogens with zero attached hydrogens (tertiary/aromatic N) is 3. The number of benzene rings is 1. The predicted octanol–water partition coefficient (Wildman–Crippen LogP) is 2.31. The Hall–Kier alpha value is -2.84. The lowest BCUT2D eigenvalue weighted by atomic mass is 9.96. The molecule has 1 aromatic rings. The zero-order chi connectivity index (χ0) is 18.1. The van der Waals surface area contributed by atoms with Gasteiger partial charge in [0.1, 0.15) is 5.92 Å². The Balaban J connectivity index is 3.18. The summed E-state index contributed by atoms with van der Waals surface area (Å²) in [6, 6.07) is 7.97. The molecule has 124 valence electrons. The van der Waals surface area contributed by atoms with Crippen LogP contribution in [0.15, 0.2) is 28.1 Å². The molecule has 0 amide bonds. The van der Waals surface area contributed by atoms with Crippen LogP contribution in [0, 0.1) is 34.5 Å². The standard InChI is InChI=1S/C16H15N3O4S/c1-3-23-16(21)12(11(7-17)8-18)9-19-13-6-10(15(20)22-2)4-5-14(13)24/h4-6,9,11-12,24H,3H2,1-2H3. The quantitative estimate of drug-likeness (QED) is 0.481. The largest absolute Gasteiger partial charge is 0.465 e. The number of thiol groups is 1. The van der Waals surface area contributed by atoms with E-state index in [9.17, 15) is 9.59 Å². The first-order valence-electron chi connectivity index (χ1n) is 6.89. The van der Waals surface area contributed by atoms with E-state index in [1.165, 1.54) is 19.2 Å². The average Bonchev–Trinajstić information content (AvgIpc) is 2.59. The Morgan fingerprint density at radius 1 is 1.38 bits per heavy atom. The number of methoxy groups -OCH3 is 1. The zero-order valence-electron chi connectivity index (χ0n) is 13.1. The van der Waals surface area contributed by atoms with Crippen LogP contribution in [0.2, 0.25) is 0 Å². The Kier molecular flexibility index (Phi) is 7.47. The summed E-state index contributed by atoms with van der Waals surface area (Å²) in [6.45, 7) is 1.73. The average molecular weight is 345 g/mol. The van der Waals surface area contributed by atoms with Gasteiger partial charge in [0.2, 0.25) is 0 Å². The highest BCUT2D eigenvalue weighted by atomic mass is 32.1. The summed E-state index contributed by atoms with van der Waals surface area (Å²) in [5, 5.41) is 18.0. The van der Waals surface area contributed by atoms with Gasteiger partial charge in [0.15, 0.2) is 5.92 Å². The number of hydrogen-bond donors (Lipinski definition) is 1. The summed E-state index contributed by atoms with van der Waals surface area (Å²) in [4.78, 5) is 28.0. The third-order valence-electron chi connectivity index (χ3n) is 2.97. The molecule has 0 fully saturated rings. The van der Waals surface area contributed by atoms with E-state index in [0.717, 1.165) is 6.21 Å². The molecule has 0 spiro atoms. The van der Waals surface area contributed by atoms with E-state index in [-0.39, 0.29) is 12.2 Å². The van der Waals surface area contributed by atoms with E-state index >= 15 is 0 Å². The number of rotatable bonds is 6. The lowest BCUT2D eigenvalue weighted by molar-refractivity contribution is -0.145. The van der Waals surface area contributed by atoms with E-state index in [2.05, 4.69) is 22.4 Å². The van der Waals surface area contributed by atoms with Crippen molar-refractivity contribution in [3.8, 4) is 12.1 Å². The van der Waals surface area contributed by atoms with Crippen LogP contribution in [0.3, 0.4) is 0 Å². The van der Waals surface area contributed by atoms with Crippen LogP contribution in [0.25, 0.3) is 0 Å². The maximum atomic E-state index is 11.9. The third-order valence-corrected chi connectivity index (χ3v) is 3.34. The van der Waals surface area contributed by atoms with Gasteiger partial charge in [-0.3, -0.25) is 9.79 Å². The van der Waals surface area contributed by atoms with Gasteiger partial charge >= 0.3 is 11.9 Å². The SMILES string of the molecule is CCOC(=O)C(C=Nc1cc(C(=O)OC)ccc1S)C(C#N)C#N. The minimum Gasteiger partial charge on any atom is -0.465 e. The molecule has 1 aromatic carbocycles. The minimum absolute atomic E-state index is 0.113. The van der Waals surface area contributed by atoms with Crippen LogP contribution in [0.1, 0.15) is 17.3 Å². The molecule has 0 N–H and O–H groups in total. The van der Waals surface area contributed by atoms with Crippen molar-refractivity contribution in [3.05, 3.63) is 23.8 Å². The second-order valence-corrected chi connectivity index (χ2v) is 4.97. The van der Waals surface area contributed by atoms with Crippen molar-refractivity contribution >= 4 is 36.5 Å². The molecule has 0 saturated carbocycles. The molecule has 0 aliphatic rings. The van der Waals surface area contributed by atoms with Crippen molar-refractivity contribution in [3.63, 3.8) is 0 Å². The first-order chi connectivity index (χ1) is 11.5. The van der Waals surface area contributed by atoms with Gasteiger partial charge in [-0.1, -0.05) is 0 Å². The maximum absolute atomic E-state index is 11.9. The van der Waals surface area contributed by atoms with Crippen LogP contribution >= 0.6 is 12.6 Å². The molecule has 0 aliphatic carbocycles. The van der Waals surface area contributed by atoms with Crippen molar-refractivity contribution in [1.29, 1.82) is 10.5 Å². The van der Waals surface area contributed by atoms with Gasteiger partial charge in [0.05, 0.1) is 37.1 Å². The molecule has 0 radical (unpaired) electrons. The van der Waals surface area contributed by atoms with Crippen molar-refractivity contribution in [2.75, 3.05) is 13.7 Å². The Morgan fingerprint density at radius 2 is 2.04 bits per heavy atom. The molecular weight excluding hydrogens is 330 g/mol. The number of hydrogen-bond acceptors (Lipinski definition) is 8. The number of carbonyl (C=O) groups is 2. The van der Waals surface area contributed by atoms with E-state index in [0.29, 0.717) is 10.6 Å². The summed E-state index contributed by atoms with van der Waals surface area (Å²) in [7, 11) is 1.25. The van der Waals surface area contributed by atoms with Crippen LogP contribution < -0.4 is 0 Å². The van der Waals surface area contributed by atoms with E-state index < -0.39 is 23.8 Å². The monoisotopic (exact) mass is 345 g/mol. The van der Waals surface area contributed by atoms with Crippen LogP contribution in [0.4, 0.5) is 5.69 Å². The number of esters is 2. The van der Waals surface area contributed by atoms with Gasteiger partial charge < -0.3 is 9.47 Å². The molecule has 24 heavy (non-hydrogen) atoms. The number of nitriles is 2. The first kappa shape index (κ1) is 19.2. The Morgan fingerprint density at radius 3 is 2.58 bits per heavy atom. The first-order valence-corrected chi connectivity index (χ1v) is 7.34. The van der Waals surface area contributed by atoms with Crippen LogP contribution in [-0.2, 0) is 14.3 Å². The van der Waals surface area contributed by atoms with Gasteiger partial charge in [0.25, 0.3) is 0 Å². The summed E-state index contributed by atoms with van der Waals surface area (Å²) in [6.07, 6.45) is 1.16.